The van der Waals surface area contributed by atoms with Gasteiger partial charge in [-0.3, -0.25) is 4.90 Å². The summed E-state index contributed by atoms with van der Waals surface area (Å²) in [5.41, 5.74) is 4.40. The normalized spacial score (nSPS) is 17.4. The molecule has 0 aliphatic carbocycles. The molecule has 0 amide bonds. The monoisotopic (exact) mass is 361 g/mol. The molecule has 1 aromatic heterocycles. The second kappa shape index (κ2) is 7.57. The smallest absolute Gasteiger partial charge is 0.118 e. The second-order valence-electron chi connectivity index (χ2n) is 7.03. The molecule has 140 valence electrons. The molecular weight excluding hydrogens is 334 g/mol. The number of aromatic nitrogens is 1. The van der Waals surface area contributed by atoms with Crippen molar-refractivity contribution < 1.29 is 4.74 Å². The molecule has 2 heterocycles. The fourth-order valence-electron chi connectivity index (χ4n) is 4.27. The van der Waals surface area contributed by atoms with Crippen molar-refractivity contribution in [1.29, 1.82) is 0 Å². The Bertz CT molecular complexity index is 936. The highest BCUT2D eigenvalue weighted by atomic mass is 16.5. The van der Waals surface area contributed by atoms with Crippen LogP contribution in [0.4, 0.5) is 5.69 Å². The van der Waals surface area contributed by atoms with Crippen molar-refractivity contribution in [2.45, 2.75) is 25.8 Å². The van der Waals surface area contributed by atoms with Gasteiger partial charge in [0.25, 0.3) is 0 Å². The SMILES string of the molecule is CCN1CCCC1c1nc(-c2ccc(OC)cc2)c(NC)c2ccccc12. The number of anilines is 1. The van der Waals surface area contributed by atoms with Crippen molar-refractivity contribution in [3.63, 3.8) is 0 Å². The van der Waals surface area contributed by atoms with E-state index in [2.05, 4.69) is 53.5 Å². The van der Waals surface area contributed by atoms with Crippen LogP contribution in [0.1, 0.15) is 31.5 Å². The highest BCUT2D eigenvalue weighted by molar-refractivity contribution is 6.01. The summed E-state index contributed by atoms with van der Waals surface area (Å²) in [7, 11) is 3.67. The maximum Gasteiger partial charge on any atom is 0.118 e. The van der Waals surface area contributed by atoms with Gasteiger partial charge < -0.3 is 10.1 Å². The van der Waals surface area contributed by atoms with Crippen LogP contribution in [0.5, 0.6) is 5.75 Å². The minimum atomic E-state index is 0.391. The van der Waals surface area contributed by atoms with Gasteiger partial charge in [-0.15, -0.1) is 0 Å². The van der Waals surface area contributed by atoms with Gasteiger partial charge in [0.2, 0.25) is 0 Å². The number of ether oxygens (including phenoxy) is 1. The summed E-state index contributed by atoms with van der Waals surface area (Å²) in [6.45, 7) is 4.46. The first kappa shape index (κ1) is 17.8. The first-order valence-corrected chi connectivity index (χ1v) is 9.75. The van der Waals surface area contributed by atoms with Gasteiger partial charge >= 0.3 is 0 Å². The molecule has 0 bridgehead atoms. The minimum Gasteiger partial charge on any atom is -0.497 e. The van der Waals surface area contributed by atoms with Gasteiger partial charge in [-0.05, 0) is 50.2 Å². The molecule has 27 heavy (non-hydrogen) atoms. The number of fused-ring (bicyclic) bond motifs is 1. The first-order valence-electron chi connectivity index (χ1n) is 9.75. The predicted octanol–water partition coefficient (Wildman–Crippen LogP) is 5.11. The number of pyridine rings is 1. The number of likely N-dealkylation sites (tertiary alicyclic amines) is 1. The largest absolute Gasteiger partial charge is 0.497 e. The lowest BCUT2D eigenvalue weighted by Gasteiger charge is -2.25. The number of nitrogens with one attached hydrogen (secondary N) is 1. The van der Waals surface area contributed by atoms with E-state index in [9.17, 15) is 0 Å². The maximum atomic E-state index is 5.32. The van der Waals surface area contributed by atoms with Gasteiger partial charge in [-0.25, -0.2) is 4.98 Å². The Labute approximate surface area is 161 Å². The predicted molar refractivity (Wildman–Crippen MR) is 112 cm³/mol. The van der Waals surface area contributed by atoms with Gasteiger partial charge in [-0.2, -0.15) is 0 Å². The van der Waals surface area contributed by atoms with Gasteiger partial charge in [0.05, 0.1) is 30.2 Å². The lowest BCUT2D eigenvalue weighted by Crippen LogP contribution is -2.23. The Morgan fingerprint density at radius 2 is 1.85 bits per heavy atom. The molecule has 4 heteroatoms. The van der Waals surface area contributed by atoms with E-state index in [1.54, 1.807) is 7.11 Å². The van der Waals surface area contributed by atoms with Gasteiger partial charge in [0, 0.05) is 23.4 Å². The molecule has 1 saturated heterocycles. The Kier molecular flexibility index (Phi) is 4.99. The van der Waals surface area contributed by atoms with Crippen LogP contribution < -0.4 is 10.1 Å². The third-order valence-corrected chi connectivity index (χ3v) is 5.64. The molecule has 4 rings (SSSR count). The molecule has 1 atom stereocenters. The second-order valence-corrected chi connectivity index (χ2v) is 7.03. The molecule has 3 aromatic rings. The van der Waals surface area contributed by atoms with Crippen LogP contribution >= 0.6 is 0 Å². The average molecular weight is 361 g/mol. The maximum absolute atomic E-state index is 5.32. The molecule has 0 saturated carbocycles. The molecule has 4 nitrogen and oxygen atoms in total. The third kappa shape index (κ3) is 3.15. The minimum absolute atomic E-state index is 0.391. The Morgan fingerprint density at radius 1 is 1.11 bits per heavy atom. The van der Waals surface area contributed by atoms with Gasteiger partial charge in [0.1, 0.15) is 5.75 Å². The molecule has 2 aromatic carbocycles. The quantitative estimate of drug-likeness (QED) is 0.685. The van der Waals surface area contributed by atoms with Crippen LogP contribution in [0.2, 0.25) is 0 Å². The summed E-state index contributed by atoms with van der Waals surface area (Å²) in [6, 6.07) is 17.2. The molecule has 1 unspecified atom stereocenters. The summed E-state index contributed by atoms with van der Waals surface area (Å²) in [6.07, 6.45) is 2.41. The molecule has 1 fully saturated rings. The summed E-state index contributed by atoms with van der Waals surface area (Å²) < 4.78 is 5.32. The molecule has 0 spiro atoms. The lowest BCUT2D eigenvalue weighted by molar-refractivity contribution is 0.269. The van der Waals surface area contributed by atoms with Crippen molar-refractivity contribution in [3.05, 3.63) is 54.2 Å². The zero-order chi connectivity index (χ0) is 18.8. The Hall–Kier alpha value is -2.59. The van der Waals surface area contributed by atoms with E-state index < -0.39 is 0 Å². The van der Waals surface area contributed by atoms with Crippen LogP contribution in [-0.2, 0) is 0 Å². The van der Waals surface area contributed by atoms with Crippen molar-refractivity contribution in [1.82, 2.24) is 9.88 Å². The number of nitrogens with zero attached hydrogens (tertiary/aromatic N) is 2. The molecule has 1 aliphatic heterocycles. The summed E-state index contributed by atoms with van der Waals surface area (Å²) in [4.78, 5) is 7.78. The number of benzene rings is 2. The van der Waals surface area contributed by atoms with Crippen molar-refractivity contribution in [2.75, 3.05) is 32.6 Å². The van der Waals surface area contributed by atoms with Crippen LogP contribution in [0.25, 0.3) is 22.0 Å². The zero-order valence-electron chi connectivity index (χ0n) is 16.3. The first-order chi connectivity index (χ1) is 13.3. The summed E-state index contributed by atoms with van der Waals surface area (Å²) in [5.74, 6) is 0.860. The highest BCUT2D eigenvalue weighted by Crippen LogP contribution is 2.40. The van der Waals surface area contributed by atoms with Gasteiger partial charge in [-0.1, -0.05) is 31.2 Å². The fourth-order valence-corrected chi connectivity index (χ4v) is 4.27. The molecule has 1 N–H and O–H groups in total. The summed E-state index contributed by atoms with van der Waals surface area (Å²) in [5, 5.41) is 5.89. The van der Waals surface area contributed by atoms with Crippen molar-refractivity contribution in [3.8, 4) is 17.0 Å². The van der Waals surface area contributed by atoms with E-state index in [0.29, 0.717) is 6.04 Å². The van der Waals surface area contributed by atoms with Crippen LogP contribution in [-0.4, -0.2) is 37.1 Å². The number of rotatable bonds is 5. The zero-order valence-corrected chi connectivity index (χ0v) is 16.3. The molecular formula is C23H27N3O. The van der Waals surface area contributed by atoms with E-state index in [4.69, 9.17) is 9.72 Å². The lowest BCUT2D eigenvalue weighted by atomic mass is 9.98. The number of methoxy groups -OCH3 is 1. The topological polar surface area (TPSA) is 37.4 Å². The Balaban J connectivity index is 1.95. The number of hydrogen-bond donors (Lipinski definition) is 1. The Morgan fingerprint density at radius 3 is 2.52 bits per heavy atom. The van der Waals surface area contributed by atoms with E-state index in [0.717, 1.165) is 35.8 Å². The van der Waals surface area contributed by atoms with Gasteiger partial charge in [0.15, 0.2) is 0 Å². The van der Waals surface area contributed by atoms with E-state index in [1.165, 1.54) is 29.3 Å². The van der Waals surface area contributed by atoms with E-state index in [-0.39, 0.29) is 0 Å². The highest BCUT2D eigenvalue weighted by Gasteiger charge is 2.28. The average Bonchev–Trinajstić information content (AvgIpc) is 3.21. The standard InChI is InChI=1S/C23H27N3O/c1-4-26-15-7-10-20(26)22-18-8-5-6-9-19(18)23(24-2)21(25-22)16-11-13-17(27-3)14-12-16/h5-6,8-9,11-14,20,24H,4,7,10,15H2,1-3H3. The molecule has 0 radical (unpaired) electrons. The third-order valence-electron chi connectivity index (χ3n) is 5.64. The van der Waals surface area contributed by atoms with Crippen molar-refractivity contribution >= 4 is 16.5 Å². The van der Waals surface area contributed by atoms with Crippen LogP contribution in [0.15, 0.2) is 48.5 Å². The van der Waals surface area contributed by atoms with E-state index >= 15 is 0 Å². The summed E-state index contributed by atoms with van der Waals surface area (Å²) >= 11 is 0. The van der Waals surface area contributed by atoms with E-state index in [1.807, 2.05) is 19.2 Å². The van der Waals surface area contributed by atoms with Crippen molar-refractivity contribution in [2.24, 2.45) is 0 Å². The van der Waals surface area contributed by atoms with Crippen LogP contribution in [0, 0.1) is 0 Å². The molecule has 1 aliphatic rings. The van der Waals surface area contributed by atoms with Crippen LogP contribution in [0.3, 0.4) is 0 Å². The fraction of sp³-hybridized carbons (Fsp3) is 0.348. The number of hydrogen-bond acceptors (Lipinski definition) is 4.